The Balaban J connectivity index is 1.82. The highest BCUT2D eigenvalue weighted by atomic mass is 32.2. The lowest BCUT2D eigenvalue weighted by molar-refractivity contribution is 0.463. The van der Waals surface area contributed by atoms with Gasteiger partial charge in [-0.2, -0.15) is 9.19 Å². The van der Waals surface area contributed by atoms with Crippen LogP contribution in [-0.4, -0.2) is 21.9 Å². The minimum Gasteiger partial charge on any atom is -0.388 e. The van der Waals surface area contributed by atoms with Crippen molar-refractivity contribution < 1.29 is 3.89 Å². The van der Waals surface area contributed by atoms with Crippen LogP contribution in [0.5, 0.6) is 0 Å². The first kappa shape index (κ1) is 19.9. The fourth-order valence-corrected chi connectivity index (χ4v) is 5.10. The Labute approximate surface area is 173 Å². The normalized spacial score (nSPS) is 23.4. The maximum atomic E-state index is 13.7. The predicted molar refractivity (Wildman–Crippen MR) is 121 cm³/mol. The average molecular weight is 419 g/mol. The molecule has 28 heavy (non-hydrogen) atoms. The van der Waals surface area contributed by atoms with Crippen molar-refractivity contribution in [2.45, 2.75) is 52.9 Å². The molecule has 0 spiro atoms. The maximum absolute atomic E-state index is 13.7. The van der Waals surface area contributed by atoms with Crippen molar-refractivity contribution >= 4 is 44.0 Å². The molecule has 150 valence electrons. The third-order valence-electron chi connectivity index (χ3n) is 6.41. The van der Waals surface area contributed by atoms with Crippen LogP contribution in [-0.2, 0) is 12.8 Å². The monoisotopic (exact) mass is 418 g/mol. The Morgan fingerprint density at radius 3 is 2.96 bits per heavy atom. The van der Waals surface area contributed by atoms with Crippen LogP contribution in [0.4, 0.5) is 15.3 Å². The van der Waals surface area contributed by atoms with E-state index in [0.29, 0.717) is 11.3 Å². The van der Waals surface area contributed by atoms with Crippen molar-refractivity contribution in [2.24, 2.45) is 16.3 Å². The molecule has 1 saturated carbocycles. The first-order valence-corrected chi connectivity index (χ1v) is 11.2. The van der Waals surface area contributed by atoms with Crippen molar-refractivity contribution in [3.8, 4) is 0 Å². The largest absolute Gasteiger partial charge is 0.388 e. The Hall–Kier alpha value is -1.39. The lowest BCUT2D eigenvalue weighted by Gasteiger charge is -2.19. The second-order valence-corrected chi connectivity index (χ2v) is 9.53. The molecular weight excluding hydrogens is 390 g/mol. The van der Waals surface area contributed by atoms with Gasteiger partial charge in [0, 0.05) is 18.3 Å². The van der Waals surface area contributed by atoms with Gasteiger partial charge in [0.15, 0.2) is 12.3 Å². The molecule has 4 nitrogen and oxygen atoms in total. The zero-order valence-corrected chi connectivity index (χ0v) is 18.9. The van der Waals surface area contributed by atoms with E-state index in [1.807, 2.05) is 7.05 Å². The van der Waals surface area contributed by atoms with Gasteiger partial charge in [-0.15, -0.1) is 13.1 Å². The molecule has 2 unspecified atom stereocenters. The SMILES string of the molecule is CCC/C(=N\c1cc(NC)cc(P)c1C)c1nn(SF)c2c1CC1C[C@]1(C)C2. The van der Waals surface area contributed by atoms with Crippen molar-refractivity contribution in [1.29, 1.82) is 0 Å². The molecule has 2 aliphatic carbocycles. The number of fused-ring (bicyclic) bond motifs is 2. The summed E-state index contributed by atoms with van der Waals surface area (Å²) in [6.45, 7) is 6.55. The molecule has 7 heteroatoms. The summed E-state index contributed by atoms with van der Waals surface area (Å²) in [5.41, 5.74) is 7.59. The summed E-state index contributed by atoms with van der Waals surface area (Å²) in [6, 6.07) is 4.17. The van der Waals surface area contributed by atoms with Crippen LogP contribution in [0.25, 0.3) is 0 Å². The van der Waals surface area contributed by atoms with Crippen LogP contribution >= 0.6 is 21.6 Å². The molecule has 1 fully saturated rings. The minimum atomic E-state index is 0.214. The van der Waals surface area contributed by atoms with E-state index < -0.39 is 0 Å². The first-order chi connectivity index (χ1) is 13.4. The lowest BCUT2D eigenvalue weighted by atomic mass is 9.87. The predicted octanol–water partition coefficient (Wildman–Crippen LogP) is 5.16. The highest BCUT2D eigenvalue weighted by molar-refractivity contribution is 7.92. The fraction of sp³-hybridized carbons (Fsp3) is 0.524. The van der Waals surface area contributed by atoms with E-state index in [-0.39, 0.29) is 12.3 Å². The van der Waals surface area contributed by atoms with Crippen LogP contribution in [0, 0.1) is 18.3 Å². The molecule has 1 N–H and O–H groups in total. The van der Waals surface area contributed by atoms with Gasteiger partial charge in [-0.1, -0.05) is 20.3 Å². The molecule has 1 aromatic heterocycles. The fourth-order valence-electron chi connectivity index (χ4n) is 4.40. The highest BCUT2D eigenvalue weighted by Gasteiger charge is 2.54. The van der Waals surface area contributed by atoms with Gasteiger partial charge in [-0.25, -0.2) is 0 Å². The van der Waals surface area contributed by atoms with Crippen molar-refractivity contribution in [2.75, 3.05) is 12.4 Å². The van der Waals surface area contributed by atoms with E-state index >= 15 is 0 Å². The number of nitrogens with zero attached hydrogens (tertiary/aromatic N) is 3. The summed E-state index contributed by atoms with van der Waals surface area (Å²) in [6.07, 6.45) is 4.95. The average Bonchev–Trinajstić information content (AvgIpc) is 3.22. The van der Waals surface area contributed by atoms with E-state index in [2.05, 4.69) is 52.6 Å². The third-order valence-corrected chi connectivity index (χ3v) is 7.44. The highest BCUT2D eigenvalue weighted by Crippen LogP contribution is 2.59. The van der Waals surface area contributed by atoms with Crippen molar-refractivity contribution in [3.05, 3.63) is 34.6 Å². The van der Waals surface area contributed by atoms with Crippen LogP contribution in [0.2, 0.25) is 0 Å². The van der Waals surface area contributed by atoms with Crippen LogP contribution < -0.4 is 10.6 Å². The van der Waals surface area contributed by atoms with E-state index in [4.69, 9.17) is 4.99 Å². The van der Waals surface area contributed by atoms with Gasteiger partial charge >= 0.3 is 0 Å². The number of rotatable bonds is 6. The Morgan fingerprint density at radius 1 is 1.50 bits per heavy atom. The quantitative estimate of drug-likeness (QED) is 0.520. The number of nitrogens with one attached hydrogen (secondary N) is 1. The van der Waals surface area contributed by atoms with Crippen LogP contribution in [0.15, 0.2) is 17.1 Å². The minimum absolute atomic E-state index is 0.214. The number of benzene rings is 1. The second-order valence-electron chi connectivity index (χ2n) is 8.42. The maximum Gasteiger partial charge on any atom is 0.187 e. The van der Waals surface area contributed by atoms with E-state index in [0.717, 1.165) is 65.0 Å². The molecule has 0 radical (unpaired) electrons. The van der Waals surface area contributed by atoms with Crippen molar-refractivity contribution in [3.63, 3.8) is 0 Å². The summed E-state index contributed by atoms with van der Waals surface area (Å²) in [7, 11) is 4.70. The van der Waals surface area contributed by atoms with Gasteiger partial charge in [0.1, 0.15) is 5.69 Å². The van der Waals surface area contributed by atoms with Gasteiger partial charge in [-0.3, -0.25) is 4.99 Å². The van der Waals surface area contributed by atoms with Gasteiger partial charge < -0.3 is 5.32 Å². The second kappa shape index (κ2) is 7.46. The lowest BCUT2D eigenvalue weighted by Crippen LogP contribution is -2.16. The molecule has 4 rings (SSSR count). The van der Waals surface area contributed by atoms with E-state index in [1.54, 1.807) is 0 Å². The molecule has 1 heterocycles. The van der Waals surface area contributed by atoms with Gasteiger partial charge in [0.2, 0.25) is 0 Å². The van der Waals surface area contributed by atoms with E-state index in [9.17, 15) is 3.89 Å². The number of anilines is 1. The number of aromatic nitrogens is 2. The summed E-state index contributed by atoms with van der Waals surface area (Å²) in [5, 5.41) is 8.99. The molecular formula is C21H28FN4PS. The number of aliphatic imine (C=N–C) groups is 1. The van der Waals surface area contributed by atoms with Crippen molar-refractivity contribution in [1.82, 2.24) is 9.19 Å². The molecule has 2 aliphatic rings. The summed E-state index contributed by atoms with van der Waals surface area (Å²) < 4.78 is 15.1. The smallest absolute Gasteiger partial charge is 0.187 e. The number of hydrogen-bond acceptors (Lipinski definition) is 4. The van der Waals surface area contributed by atoms with Gasteiger partial charge in [-0.05, 0) is 66.9 Å². The van der Waals surface area contributed by atoms with Crippen LogP contribution in [0.3, 0.4) is 0 Å². The van der Waals surface area contributed by atoms with Gasteiger partial charge in [0.05, 0.1) is 17.1 Å². The summed E-state index contributed by atoms with van der Waals surface area (Å²) >= 11 is 0.214. The van der Waals surface area contributed by atoms with Gasteiger partial charge in [0.25, 0.3) is 0 Å². The zero-order chi connectivity index (χ0) is 20.1. The Bertz CT molecular complexity index is 954. The number of halogens is 1. The number of hydrogen-bond donors (Lipinski definition) is 1. The molecule has 0 saturated heterocycles. The Kier molecular flexibility index (Phi) is 5.30. The zero-order valence-electron chi connectivity index (χ0n) is 17.0. The summed E-state index contributed by atoms with van der Waals surface area (Å²) in [5.74, 6) is 0.705. The molecule has 1 aromatic carbocycles. The topological polar surface area (TPSA) is 42.2 Å². The molecule has 3 atom stereocenters. The molecule has 0 amide bonds. The third kappa shape index (κ3) is 3.39. The molecule has 0 bridgehead atoms. The molecule has 0 aliphatic heterocycles. The Morgan fingerprint density at radius 2 is 2.29 bits per heavy atom. The van der Waals surface area contributed by atoms with E-state index in [1.165, 1.54) is 16.1 Å². The molecule has 2 aromatic rings. The first-order valence-electron chi connectivity index (χ1n) is 9.95. The summed E-state index contributed by atoms with van der Waals surface area (Å²) in [4.78, 5) is 5.06. The van der Waals surface area contributed by atoms with Crippen LogP contribution in [0.1, 0.15) is 55.6 Å². The standard InChI is InChI=1S/C21H28FN4PS/c1-5-6-16(24-17-8-14(23-4)9-19(27)12(17)2)20-15-7-13-10-21(13,3)11-18(15)26(25-20)28-22/h8-9,13,23H,5-7,10-11,27H2,1-4H3/b24-16+/t13?,21-/m1/s1.